The van der Waals surface area contributed by atoms with E-state index in [0.717, 1.165) is 57.0 Å². The van der Waals surface area contributed by atoms with Gasteiger partial charge in [-0.2, -0.15) is 0 Å². The zero-order chi connectivity index (χ0) is 15.2. The van der Waals surface area contributed by atoms with Crippen LogP contribution >= 0.6 is 0 Å². The van der Waals surface area contributed by atoms with E-state index < -0.39 is 0 Å². The van der Waals surface area contributed by atoms with Crippen LogP contribution in [0.25, 0.3) is 0 Å². The molecule has 1 saturated carbocycles. The Balaban J connectivity index is 1.61. The van der Waals surface area contributed by atoms with Gasteiger partial charge in [-0.25, -0.2) is 4.98 Å². The Morgan fingerprint density at radius 1 is 1.05 bits per heavy atom. The predicted molar refractivity (Wildman–Crippen MR) is 88.7 cm³/mol. The Morgan fingerprint density at radius 2 is 1.86 bits per heavy atom. The zero-order valence-electron chi connectivity index (χ0n) is 13.2. The van der Waals surface area contributed by atoms with Crippen molar-refractivity contribution in [3.05, 3.63) is 24.4 Å². The van der Waals surface area contributed by atoms with Gasteiger partial charge >= 0.3 is 0 Å². The second-order valence-corrected chi connectivity index (χ2v) is 6.27. The van der Waals surface area contributed by atoms with Gasteiger partial charge in [-0.1, -0.05) is 30.5 Å². The van der Waals surface area contributed by atoms with Gasteiger partial charge in [0.25, 0.3) is 0 Å². The molecule has 1 N–H and O–H groups in total. The quantitative estimate of drug-likeness (QED) is 0.674. The fourth-order valence-electron chi connectivity index (χ4n) is 3.64. The molecule has 0 radical (unpaired) electrons. The fourth-order valence-corrected chi connectivity index (χ4v) is 3.64. The first kappa shape index (κ1) is 15.3. The molecule has 2 fully saturated rings. The first-order valence-electron chi connectivity index (χ1n) is 8.49. The summed E-state index contributed by atoms with van der Waals surface area (Å²) >= 11 is 0. The molecular formula is C17H26N4O. The number of piperazine rings is 1. The van der Waals surface area contributed by atoms with Crippen molar-refractivity contribution in [2.75, 3.05) is 31.1 Å². The van der Waals surface area contributed by atoms with E-state index in [0.29, 0.717) is 6.04 Å². The Kier molecular flexibility index (Phi) is 5.27. The van der Waals surface area contributed by atoms with Crippen LogP contribution < -0.4 is 4.90 Å². The van der Waals surface area contributed by atoms with E-state index in [1.54, 1.807) is 0 Å². The summed E-state index contributed by atoms with van der Waals surface area (Å²) in [6.45, 7) is 4.01. The van der Waals surface area contributed by atoms with Gasteiger partial charge in [0.1, 0.15) is 5.82 Å². The summed E-state index contributed by atoms with van der Waals surface area (Å²) in [5.41, 5.74) is 0.992. The number of anilines is 1. The molecule has 0 unspecified atom stereocenters. The topological polar surface area (TPSA) is 52.0 Å². The molecule has 2 aliphatic rings. The van der Waals surface area contributed by atoms with E-state index in [1.807, 2.05) is 18.3 Å². The van der Waals surface area contributed by atoms with Crippen molar-refractivity contribution in [1.82, 2.24) is 9.88 Å². The van der Waals surface area contributed by atoms with Crippen LogP contribution in [0, 0.1) is 0 Å². The molecule has 0 bridgehead atoms. The summed E-state index contributed by atoms with van der Waals surface area (Å²) < 4.78 is 0. The number of hydrogen-bond acceptors (Lipinski definition) is 5. The Hall–Kier alpha value is -1.62. The summed E-state index contributed by atoms with van der Waals surface area (Å²) in [4.78, 5) is 9.28. The highest BCUT2D eigenvalue weighted by Gasteiger charge is 2.28. The minimum Gasteiger partial charge on any atom is -0.411 e. The highest BCUT2D eigenvalue weighted by molar-refractivity contribution is 5.89. The molecule has 3 rings (SSSR count). The van der Waals surface area contributed by atoms with Crippen molar-refractivity contribution in [2.45, 2.75) is 44.6 Å². The van der Waals surface area contributed by atoms with Gasteiger partial charge in [-0.05, 0) is 31.4 Å². The monoisotopic (exact) mass is 302 g/mol. The minimum atomic E-state index is 0.330. The van der Waals surface area contributed by atoms with E-state index in [-0.39, 0.29) is 0 Å². The maximum atomic E-state index is 9.38. The van der Waals surface area contributed by atoms with Crippen LogP contribution in [0.15, 0.2) is 29.6 Å². The summed E-state index contributed by atoms with van der Waals surface area (Å²) in [5.74, 6) is 1.07. The third-order valence-corrected chi connectivity index (χ3v) is 4.90. The lowest BCUT2D eigenvalue weighted by molar-refractivity contribution is 0.205. The Morgan fingerprint density at radius 3 is 2.59 bits per heavy atom. The van der Waals surface area contributed by atoms with E-state index >= 15 is 0 Å². The third-order valence-electron chi connectivity index (χ3n) is 4.90. The van der Waals surface area contributed by atoms with Crippen LogP contribution in [0.2, 0.25) is 0 Å². The average Bonchev–Trinajstić information content (AvgIpc) is 2.56. The fraction of sp³-hybridized carbons (Fsp3) is 0.647. The number of nitrogens with zero attached hydrogens (tertiary/aromatic N) is 4. The van der Waals surface area contributed by atoms with Crippen molar-refractivity contribution in [2.24, 2.45) is 5.16 Å². The molecular weight excluding hydrogens is 276 g/mol. The zero-order valence-corrected chi connectivity index (χ0v) is 13.2. The SMILES string of the molecule is O/N=C1/CCCCCC[C@H]1N1CCN(c2ccccn2)CC1. The van der Waals surface area contributed by atoms with Gasteiger partial charge in [0.2, 0.25) is 0 Å². The molecule has 1 aromatic rings. The largest absolute Gasteiger partial charge is 0.411 e. The van der Waals surface area contributed by atoms with Crippen molar-refractivity contribution in [3.63, 3.8) is 0 Å². The Bertz CT molecular complexity index is 483. The summed E-state index contributed by atoms with van der Waals surface area (Å²) in [7, 11) is 0. The van der Waals surface area contributed by atoms with Gasteiger partial charge in [0.05, 0.1) is 11.8 Å². The summed E-state index contributed by atoms with van der Waals surface area (Å²) in [6, 6.07) is 6.40. The van der Waals surface area contributed by atoms with Crippen LogP contribution in [0.3, 0.4) is 0 Å². The smallest absolute Gasteiger partial charge is 0.128 e. The van der Waals surface area contributed by atoms with Gasteiger partial charge in [0.15, 0.2) is 0 Å². The highest BCUT2D eigenvalue weighted by atomic mass is 16.4. The van der Waals surface area contributed by atoms with Crippen LogP contribution in [0.4, 0.5) is 5.82 Å². The molecule has 5 nitrogen and oxygen atoms in total. The van der Waals surface area contributed by atoms with Crippen molar-refractivity contribution in [1.29, 1.82) is 0 Å². The lowest BCUT2D eigenvalue weighted by atomic mass is 9.93. The van der Waals surface area contributed by atoms with Gasteiger partial charge in [-0.15, -0.1) is 0 Å². The molecule has 2 heterocycles. The molecule has 22 heavy (non-hydrogen) atoms. The molecule has 120 valence electrons. The number of rotatable bonds is 2. The van der Waals surface area contributed by atoms with Crippen LogP contribution in [0.1, 0.15) is 38.5 Å². The van der Waals surface area contributed by atoms with E-state index in [9.17, 15) is 5.21 Å². The standard InChI is InChI=1S/C17H26N4O/c22-19-15-7-3-1-2-4-8-16(15)20-11-13-21(14-12-20)17-9-5-6-10-18-17/h5-6,9-10,16,22H,1-4,7-8,11-14H2/b19-15-/t16-/m1/s1. The van der Waals surface area contributed by atoms with Crippen LogP contribution in [-0.2, 0) is 0 Å². The van der Waals surface area contributed by atoms with Crippen LogP contribution in [0.5, 0.6) is 0 Å². The first-order chi connectivity index (χ1) is 10.9. The molecule has 1 aliphatic carbocycles. The number of aromatic nitrogens is 1. The van der Waals surface area contributed by atoms with Crippen molar-refractivity contribution >= 4 is 11.5 Å². The number of hydrogen-bond donors (Lipinski definition) is 1. The Labute approximate surface area is 132 Å². The molecule has 0 aromatic carbocycles. The average molecular weight is 302 g/mol. The number of oxime groups is 1. The number of pyridine rings is 1. The summed E-state index contributed by atoms with van der Waals surface area (Å²) in [6.07, 6.45) is 8.90. The minimum absolute atomic E-state index is 0.330. The maximum Gasteiger partial charge on any atom is 0.128 e. The molecule has 0 amide bonds. The van der Waals surface area contributed by atoms with Gasteiger partial charge in [-0.3, -0.25) is 4.90 Å². The lowest BCUT2D eigenvalue weighted by Gasteiger charge is -2.40. The van der Waals surface area contributed by atoms with E-state index in [1.165, 1.54) is 19.3 Å². The lowest BCUT2D eigenvalue weighted by Crippen LogP contribution is -2.53. The summed E-state index contributed by atoms with van der Waals surface area (Å²) in [5, 5.41) is 13.0. The maximum absolute atomic E-state index is 9.38. The van der Waals surface area contributed by atoms with Crippen LogP contribution in [-0.4, -0.2) is 53.0 Å². The second-order valence-electron chi connectivity index (χ2n) is 6.27. The van der Waals surface area contributed by atoms with Gasteiger partial charge in [0, 0.05) is 32.4 Å². The normalized spacial score (nSPS) is 26.6. The van der Waals surface area contributed by atoms with E-state index in [4.69, 9.17) is 0 Å². The highest BCUT2D eigenvalue weighted by Crippen LogP contribution is 2.22. The molecule has 1 atom stereocenters. The second kappa shape index (κ2) is 7.58. The van der Waals surface area contributed by atoms with Gasteiger partial charge < -0.3 is 10.1 Å². The predicted octanol–water partition coefficient (Wildman–Crippen LogP) is 2.76. The molecule has 1 saturated heterocycles. The molecule has 5 heteroatoms. The van der Waals surface area contributed by atoms with Crippen molar-refractivity contribution in [3.8, 4) is 0 Å². The first-order valence-corrected chi connectivity index (χ1v) is 8.49. The third kappa shape index (κ3) is 3.58. The molecule has 1 aliphatic heterocycles. The van der Waals surface area contributed by atoms with Crippen molar-refractivity contribution < 1.29 is 5.21 Å². The van der Waals surface area contributed by atoms with E-state index in [2.05, 4.69) is 26.0 Å². The molecule has 0 spiro atoms. The molecule has 1 aromatic heterocycles.